The van der Waals surface area contributed by atoms with E-state index in [4.69, 9.17) is 15.2 Å². The van der Waals surface area contributed by atoms with Crippen molar-refractivity contribution < 1.29 is 19.0 Å². The summed E-state index contributed by atoms with van der Waals surface area (Å²) in [6.07, 6.45) is 0.0233. The second-order valence-electron chi connectivity index (χ2n) is 3.49. The van der Waals surface area contributed by atoms with Gasteiger partial charge in [-0.25, -0.2) is 4.79 Å². The zero-order valence-corrected chi connectivity index (χ0v) is 8.93. The molecule has 1 saturated heterocycles. The maximum atomic E-state index is 11.4. The van der Waals surface area contributed by atoms with Crippen LogP contribution in [0.3, 0.4) is 0 Å². The number of hydrogen-bond donors (Lipinski definition) is 1. The molecule has 0 atom stereocenters. The summed E-state index contributed by atoms with van der Waals surface area (Å²) in [6.45, 7) is 1.11. The number of anilines is 1. The number of methoxy groups -OCH3 is 1. The van der Waals surface area contributed by atoms with Crippen LogP contribution in [0.25, 0.3) is 0 Å². The summed E-state index contributed by atoms with van der Waals surface area (Å²) in [5.74, 6) is 0.0315. The predicted octanol–water partition coefficient (Wildman–Crippen LogP) is 0.833. The Morgan fingerprint density at radius 3 is 2.81 bits per heavy atom. The first-order valence-corrected chi connectivity index (χ1v) is 4.93. The number of nitrogens with two attached hydrogens (primary N) is 1. The Bertz CT molecular complexity index is 401. The number of hydrogen-bond acceptors (Lipinski definition) is 5. The van der Waals surface area contributed by atoms with Gasteiger partial charge in [0.2, 0.25) is 0 Å². The van der Waals surface area contributed by atoms with E-state index in [9.17, 15) is 4.79 Å². The van der Waals surface area contributed by atoms with Gasteiger partial charge in [-0.2, -0.15) is 0 Å². The van der Waals surface area contributed by atoms with Crippen LogP contribution < -0.4 is 10.5 Å². The fourth-order valence-corrected chi connectivity index (χ4v) is 1.40. The summed E-state index contributed by atoms with van der Waals surface area (Å²) in [7, 11) is 1.31. The first-order chi connectivity index (χ1) is 7.72. The molecule has 0 bridgehead atoms. The summed E-state index contributed by atoms with van der Waals surface area (Å²) in [5, 5.41) is 0. The monoisotopic (exact) mass is 223 g/mol. The molecule has 1 aliphatic rings. The molecule has 0 saturated carbocycles. The molecule has 1 aromatic carbocycles. The van der Waals surface area contributed by atoms with Gasteiger partial charge in [-0.05, 0) is 12.1 Å². The molecule has 2 rings (SSSR count). The average Bonchev–Trinajstić information content (AvgIpc) is 2.24. The third-order valence-corrected chi connectivity index (χ3v) is 2.37. The van der Waals surface area contributed by atoms with Crippen LogP contribution in [0.15, 0.2) is 18.2 Å². The van der Waals surface area contributed by atoms with Crippen LogP contribution in [0, 0.1) is 0 Å². The normalized spacial score (nSPS) is 15.3. The van der Waals surface area contributed by atoms with E-state index in [1.165, 1.54) is 7.11 Å². The van der Waals surface area contributed by atoms with E-state index < -0.39 is 5.97 Å². The Balaban J connectivity index is 2.21. The Labute approximate surface area is 93.1 Å². The first kappa shape index (κ1) is 10.8. The van der Waals surface area contributed by atoms with Crippen LogP contribution >= 0.6 is 0 Å². The molecule has 1 fully saturated rings. The van der Waals surface area contributed by atoms with Crippen LogP contribution in [0.1, 0.15) is 10.4 Å². The van der Waals surface area contributed by atoms with Gasteiger partial charge in [0, 0.05) is 0 Å². The SMILES string of the molecule is COC(=O)c1cccc(OC2COC2)c1N. The van der Waals surface area contributed by atoms with Crippen molar-refractivity contribution in [1.29, 1.82) is 0 Å². The lowest BCUT2D eigenvalue weighted by atomic mass is 10.1. The summed E-state index contributed by atoms with van der Waals surface area (Å²) >= 11 is 0. The topological polar surface area (TPSA) is 70.8 Å². The number of rotatable bonds is 3. The lowest BCUT2D eigenvalue weighted by Crippen LogP contribution is -2.38. The summed E-state index contributed by atoms with van der Waals surface area (Å²) in [6, 6.07) is 5.03. The largest absolute Gasteiger partial charge is 0.483 e. The molecule has 0 aliphatic carbocycles. The number of para-hydroxylation sites is 1. The number of nitrogen functional groups attached to an aromatic ring is 1. The Hall–Kier alpha value is -1.75. The van der Waals surface area contributed by atoms with Crippen LogP contribution in [0.5, 0.6) is 5.75 Å². The fraction of sp³-hybridized carbons (Fsp3) is 0.364. The van der Waals surface area contributed by atoms with E-state index in [0.717, 1.165) is 0 Å². The van der Waals surface area contributed by atoms with Crippen molar-refractivity contribution in [2.24, 2.45) is 0 Å². The van der Waals surface area contributed by atoms with Crippen molar-refractivity contribution in [1.82, 2.24) is 0 Å². The smallest absolute Gasteiger partial charge is 0.340 e. The lowest BCUT2D eigenvalue weighted by molar-refractivity contribution is -0.0794. The van der Waals surface area contributed by atoms with Gasteiger partial charge in [0.1, 0.15) is 11.9 Å². The molecule has 0 unspecified atom stereocenters. The van der Waals surface area contributed by atoms with Crippen molar-refractivity contribution in [3.63, 3.8) is 0 Å². The minimum absolute atomic E-state index is 0.0233. The third kappa shape index (κ3) is 1.94. The number of carbonyl (C=O) groups is 1. The fourth-order valence-electron chi connectivity index (χ4n) is 1.40. The van der Waals surface area contributed by atoms with Crippen molar-refractivity contribution >= 4 is 11.7 Å². The van der Waals surface area contributed by atoms with Gasteiger partial charge in [0.25, 0.3) is 0 Å². The van der Waals surface area contributed by atoms with Gasteiger partial charge in [-0.15, -0.1) is 0 Å². The van der Waals surface area contributed by atoms with E-state index >= 15 is 0 Å². The molecule has 2 N–H and O–H groups in total. The van der Waals surface area contributed by atoms with Gasteiger partial charge >= 0.3 is 5.97 Å². The highest BCUT2D eigenvalue weighted by Crippen LogP contribution is 2.27. The Kier molecular flexibility index (Phi) is 2.96. The standard InChI is InChI=1S/C11H13NO4/c1-14-11(13)8-3-2-4-9(10(8)12)16-7-5-15-6-7/h2-4,7H,5-6,12H2,1H3. The van der Waals surface area contributed by atoms with E-state index in [1.54, 1.807) is 18.2 Å². The molecule has 16 heavy (non-hydrogen) atoms. The summed E-state index contributed by atoms with van der Waals surface area (Å²) < 4.78 is 15.2. The molecule has 1 heterocycles. The van der Waals surface area contributed by atoms with E-state index in [1.807, 2.05) is 0 Å². The van der Waals surface area contributed by atoms with Gasteiger partial charge in [-0.3, -0.25) is 0 Å². The van der Waals surface area contributed by atoms with Crippen molar-refractivity contribution in [2.45, 2.75) is 6.10 Å². The molecule has 1 aromatic rings. The molecule has 0 radical (unpaired) electrons. The van der Waals surface area contributed by atoms with E-state index in [0.29, 0.717) is 30.2 Å². The van der Waals surface area contributed by atoms with Crippen LogP contribution in [-0.4, -0.2) is 32.4 Å². The highest BCUT2D eigenvalue weighted by Gasteiger charge is 2.22. The zero-order chi connectivity index (χ0) is 11.5. The number of ether oxygens (including phenoxy) is 3. The quantitative estimate of drug-likeness (QED) is 0.607. The van der Waals surface area contributed by atoms with Crippen molar-refractivity contribution in [3.05, 3.63) is 23.8 Å². The van der Waals surface area contributed by atoms with Crippen molar-refractivity contribution in [2.75, 3.05) is 26.1 Å². The first-order valence-electron chi connectivity index (χ1n) is 4.93. The van der Waals surface area contributed by atoms with E-state index in [-0.39, 0.29) is 6.10 Å². The minimum Gasteiger partial charge on any atom is -0.483 e. The minimum atomic E-state index is -0.465. The maximum absolute atomic E-state index is 11.4. The summed E-state index contributed by atoms with van der Waals surface area (Å²) in [5.41, 5.74) is 6.45. The Morgan fingerprint density at radius 1 is 1.50 bits per heavy atom. The van der Waals surface area contributed by atoms with Gasteiger partial charge < -0.3 is 19.9 Å². The second-order valence-corrected chi connectivity index (χ2v) is 3.49. The maximum Gasteiger partial charge on any atom is 0.340 e. The van der Waals surface area contributed by atoms with E-state index in [2.05, 4.69) is 4.74 Å². The van der Waals surface area contributed by atoms with Gasteiger partial charge in [0.15, 0.2) is 0 Å². The van der Waals surface area contributed by atoms with Crippen LogP contribution in [-0.2, 0) is 9.47 Å². The van der Waals surface area contributed by atoms with Crippen LogP contribution in [0.4, 0.5) is 5.69 Å². The lowest BCUT2D eigenvalue weighted by Gasteiger charge is -2.27. The molecule has 0 amide bonds. The molecule has 0 aromatic heterocycles. The molecule has 86 valence electrons. The molecule has 1 aliphatic heterocycles. The second kappa shape index (κ2) is 4.40. The zero-order valence-electron chi connectivity index (χ0n) is 8.93. The highest BCUT2D eigenvalue weighted by molar-refractivity contribution is 5.96. The number of benzene rings is 1. The average molecular weight is 223 g/mol. The Morgan fingerprint density at radius 2 is 2.25 bits per heavy atom. The molecule has 5 heteroatoms. The molecular formula is C11H13NO4. The highest BCUT2D eigenvalue weighted by atomic mass is 16.6. The van der Waals surface area contributed by atoms with Gasteiger partial charge in [0.05, 0.1) is 31.6 Å². The molecule has 0 spiro atoms. The number of carbonyl (C=O) groups excluding carboxylic acids is 1. The summed E-state index contributed by atoms with van der Waals surface area (Å²) in [4.78, 5) is 11.4. The van der Waals surface area contributed by atoms with Crippen LogP contribution in [0.2, 0.25) is 0 Å². The molecule has 5 nitrogen and oxygen atoms in total. The third-order valence-electron chi connectivity index (χ3n) is 2.37. The van der Waals surface area contributed by atoms with Crippen molar-refractivity contribution in [3.8, 4) is 5.75 Å². The van der Waals surface area contributed by atoms with Gasteiger partial charge in [-0.1, -0.05) is 6.07 Å². The predicted molar refractivity (Wildman–Crippen MR) is 57.4 cm³/mol. The number of esters is 1. The molecular weight excluding hydrogens is 210 g/mol.